The van der Waals surface area contributed by atoms with E-state index in [2.05, 4.69) is 0 Å². The van der Waals surface area contributed by atoms with Crippen LogP contribution in [0.4, 0.5) is 0 Å². The Labute approximate surface area is 255 Å². The third-order valence-corrected chi connectivity index (χ3v) is 15.6. The van der Waals surface area contributed by atoms with Crippen molar-refractivity contribution in [3.8, 4) is 0 Å². The van der Waals surface area contributed by atoms with Crippen LogP contribution in [0, 0.1) is 5.41 Å². The monoisotopic (exact) mass is 656 g/mol. The summed E-state index contributed by atoms with van der Waals surface area (Å²) in [5.41, 5.74) is -0.865. The molecule has 0 aromatic heterocycles. The predicted octanol–water partition coefficient (Wildman–Crippen LogP) is 5.20. The molecule has 4 nitrogen and oxygen atoms in total. The van der Waals surface area contributed by atoms with Gasteiger partial charge in [-0.25, -0.2) is 0 Å². The average molecular weight is 657 g/mol. The molecule has 37 heavy (non-hydrogen) atoms. The lowest BCUT2D eigenvalue weighted by molar-refractivity contribution is -0.127. The first-order valence-electron chi connectivity index (χ1n) is 12.7. The number of carbonyl (C=O) groups excluding carboxylic acids is 4. The molecule has 0 saturated carbocycles. The third kappa shape index (κ3) is 14.3. The summed E-state index contributed by atoms with van der Waals surface area (Å²) in [4.78, 5) is 52.6. The van der Waals surface area contributed by atoms with Crippen LogP contribution < -0.4 is 0 Å². The van der Waals surface area contributed by atoms with Crippen LogP contribution in [-0.4, -0.2) is 113 Å². The van der Waals surface area contributed by atoms with Crippen molar-refractivity contribution < 1.29 is 19.2 Å². The normalized spacial score (nSPS) is 26.8. The molecule has 208 valence electrons. The largest absolute Gasteiger partial charge is 0.299 e. The Morgan fingerprint density at radius 1 is 0.486 bits per heavy atom. The van der Waals surface area contributed by atoms with Gasteiger partial charge >= 0.3 is 0 Å². The molecule has 4 atom stereocenters. The van der Waals surface area contributed by atoms with E-state index in [1.807, 2.05) is 47.0 Å². The molecule has 4 aliphatic rings. The van der Waals surface area contributed by atoms with Gasteiger partial charge in [-0.05, 0) is 5.41 Å². The first-order chi connectivity index (χ1) is 17.9. The molecule has 4 aliphatic heterocycles. The van der Waals surface area contributed by atoms with Gasteiger partial charge in [0.2, 0.25) is 0 Å². The molecule has 4 unspecified atom stereocenters. The summed E-state index contributed by atoms with van der Waals surface area (Å²) in [6.07, 6.45) is 0.653. The van der Waals surface area contributed by atoms with E-state index in [9.17, 15) is 19.2 Å². The lowest BCUT2D eigenvalue weighted by Gasteiger charge is -2.32. The Kier molecular flexibility index (Phi) is 13.8. The standard InChI is InChI=1S/C25H36O4S8/c26-17(5-30-9-21-13-34-21)1-25(2-18(27)6-31-10-22-14-35-22,3-19(28)7-32-11-23-15-36-23)4-20(29)8-33-12-24-16-37-24/h21-24H,1-16H2. The first kappa shape index (κ1) is 31.4. The van der Waals surface area contributed by atoms with Crippen LogP contribution in [0.2, 0.25) is 0 Å². The summed E-state index contributed by atoms with van der Waals surface area (Å²) in [5, 5.41) is 2.66. The molecular formula is C25H36O4S8. The lowest BCUT2D eigenvalue weighted by Crippen LogP contribution is -2.35. The van der Waals surface area contributed by atoms with E-state index in [1.165, 1.54) is 23.0 Å². The van der Waals surface area contributed by atoms with Crippen molar-refractivity contribution >= 4 is 117 Å². The molecule has 0 radical (unpaired) electrons. The number of Topliss-reactive ketones (excluding diaryl/α,β-unsaturated/α-hetero) is 4. The van der Waals surface area contributed by atoms with Crippen LogP contribution >= 0.6 is 94.1 Å². The Morgan fingerprint density at radius 3 is 0.892 bits per heavy atom. The van der Waals surface area contributed by atoms with Crippen molar-refractivity contribution in [3.05, 3.63) is 0 Å². The molecule has 12 heteroatoms. The molecule has 4 fully saturated rings. The minimum Gasteiger partial charge on any atom is -0.299 e. The fourth-order valence-corrected chi connectivity index (χ4v) is 11.7. The number of thioether (sulfide) groups is 8. The van der Waals surface area contributed by atoms with Crippen molar-refractivity contribution in [1.29, 1.82) is 0 Å². The highest BCUT2D eigenvalue weighted by Crippen LogP contribution is 2.40. The van der Waals surface area contributed by atoms with Gasteiger partial charge in [0.05, 0.1) is 23.0 Å². The number of rotatable bonds is 24. The minimum absolute atomic E-state index is 0.0788. The van der Waals surface area contributed by atoms with Gasteiger partial charge < -0.3 is 0 Å². The van der Waals surface area contributed by atoms with Gasteiger partial charge in [-0.3, -0.25) is 19.2 Å². The molecule has 4 rings (SSSR count). The maximum atomic E-state index is 13.2. The zero-order valence-electron chi connectivity index (χ0n) is 21.0. The SMILES string of the molecule is O=C(CSCC1CS1)CC(CC(=O)CSCC1CS1)(CC(=O)CSCC1CS1)CC(=O)CSCC1CS1. The zero-order valence-corrected chi connectivity index (χ0v) is 27.6. The van der Waals surface area contributed by atoms with Crippen LogP contribution in [0.15, 0.2) is 0 Å². The van der Waals surface area contributed by atoms with Gasteiger partial charge in [-0.2, -0.15) is 94.1 Å². The smallest absolute Gasteiger partial charge is 0.143 e. The molecule has 0 bridgehead atoms. The van der Waals surface area contributed by atoms with Crippen LogP contribution in [-0.2, 0) is 19.2 Å². The van der Waals surface area contributed by atoms with E-state index in [0.717, 1.165) is 23.0 Å². The Morgan fingerprint density at radius 2 is 0.703 bits per heavy atom. The number of carbonyl (C=O) groups is 4. The second-order valence-corrected chi connectivity index (χ2v) is 19.7. The second-order valence-electron chi connectivity index (χ2n) is 10.2. The number of hydrogen-bond donors (Lipinski definition) is 0. The van der Waals surface area contributed by atoms with Gasteiger partial charge in [0.25, 0.3) is 0 Å². The van der Waals surface area contributed by atoms with E-state index in [-0.39, 0.29) is 48.8 Å². The van der Waals surface area contributed by atoms with Crippen LogP contribution in [0.1, 0.15) is 25.7 Å². The number of hydrogen-bond acceptors (Lipinski definition) is 12. The summed E-state index contributed by atoms with van der Waals surface area (Å²) in [5.74, 6) is 10.5. The summed E-state index contributed by atoms with van der Waals surface area (Å²) >= 11 is 14.3. The van der Waals surface area contributed by atoms with Gasteiger partial charge in [0, 0.05) is 92.7 Å². The quantitative estimate of drug-likeness (QED) is 0.128. The van der Waals surface area contributed by atoms with E-state index in [4.69, 9.17) is 0 Å². The fourth-order valence-electron chi connectivity index (χ4n) is 4.13. The van der Waals surface area contributed by atoms with Crippen LogP contribution in [0.3, 0.4) is 0 Å². The summed E-state index contributed by atoms with van der Waals surface area (Å²) in [6.45, 7) is 0. The zero-order chi connectivity index (χ0) is 26.1. The fraction of sp³-hybridized carbons (Fsp3) is 0.840. The van der Waals surface area contributed by atoms with Gasteiger partial charge in [0.1, 0.15) is 23.1 Å². The summed E-state index contributed by atoms with van der Waals surface area (Å²) < 4.78 is 0. The molecule has 4 heterocycles. The molecular weight excluding hydrogens is 621 g/mol. The minimum atomic E-state index is -0.865. The molecule has 0 amide bonds. The topological polar surface area (TPSA) is 68.3 Å². The van der Waals surface area contributed by atoms with E-state index >= 15 is 0 Å². The first-order valence-corrected chi connectivity index (χ1v) is 21.5. The van der Waals surface area contributed by atoms with Crippen molar-refractivity contribution in [1.82, 2.24) is 0 Å². The average Bonchev–Trinajstić information content (AvgIpc) is 3.66. The van der Waals surface area contributed by atoms with Gasteiger partial charge in [0.15, 0.2) is 0 Å². The molecule has 0 aromatic rings. The third-order valence-electron chi connectivity index (χ3n) is 6.17. The van der Waals surface area contributed by atoms with Crippen molar-refractivity contribution in [2.45, 2.75) is 46.7 Å². The Bertz CT molecular complexity index is 675. The maximum Gasteiger partial charge on any atom is 0.143 e. The van der Waals surface area contributed by atoms with Gasteiger partial charge in [-0.1, -0.05) is 0 Å². The van der Waals surface area contributed by atoms with Crippen molar-refractivity contribution in [2.75, 3.05) is 69.0 Å². The summed E-state index contributed by atoms with van der Waals surface area (Å²) in [6, 6.07) is 0. The van der Waals surface area contributed by atoms with Crippen LogP contribution in [0.25, 0.3) is 0 Å². The Balaban J connectivity index is 1.37. The van der Waals surface area contributed by atoms with Crippen LogP contribution in [0.5, 0.6) is 0 Å². The van der Waals surface area contributed by atoms with Gasteiger partial charge in [-0.15, -0.1) is 0 Å². The highest BCUT2D eigenvalue weighted by molar-refractivity contribution is 8.10. The van der Waals surface area contributed by atoms with Crippen molar-refractivity contribution in [2.24, 2.45) is 5.41 Å². The highest BCUT2D eigenvalue weighted by atomic mass is 32.2. The molecule has 4 saturated heterocycles. The molecule has 0 N–H and O–H groups in total. The predicted molar refractivity (Wildman–Crippen MR) is 175 cm³/mol. The van der Waals surface area contributed by atoms with E-state index in [0.29, 0.717) is 44.0 Å². The second kappa shape index (κ2) is 16.2. The Hall–Kier alpha value is 1.48. The molecule has 0 aromatic carbocycles. The molecule has 0 aliphatic carbocycles. The maximum absolute atomic E-state index is 13.2. The molecule has 0 spiro atoms. The van der Waals surface area contributed by atoms with E-state index < -0.39 is 5.41 Å². The number of ketones is 4. The summed E-state index contributed by atoms with van der Waals surface area (Å²) in [7, 11) is 0. The highest BCUT2D eigenvalue weighted by Gasteiger charge is 2.39. The lowest BCUT2D eigenvalue weighted by atomic mass is 9.71. The van der Waals surface area contributed by atoms with E-state index in [1.54, 1.807) is 47.0 Å². The van der Waals surface area contributed by atoms with Crippen molar-refractivity contribution in [3.63, 3.8) is 0 Å².